The molecule has 6 N–H and O–H groups in total. The Bertz CT molecular complexity index is 364. The van der Waals surface area contributed by atoms with Crippen LogP contribution in [0.25, 0.3) is 0 Å². The summed E-state index contributed by atoms with van der Waals surface area (Å²) in [6.07, 6.45) is 2.93. The molecule has 0 unspecified atom stereocenters. The number of hydrogen-bond donors (Lipinski definition) is 4. The van der Waals surface area contributed by atoms with E-state index < -0.39 is 11.5 Å². The fourth-order valence-corrected chi connectivity index (χ4v) is 2.34. The van der Waals surface area contributed by atoms with Gasteiger partial charge in [-0.1, -0.05) is 24.4 Å². The number of carbonyl (C=O) groups is 2. The Labute approximate surface area is 111 Å². The number of hydrogen-bond acceptors (Lipinski definition) is 5. The van der Waals surface area contributed by atoms with Gasteiger partial charge in [0.2, 0.25) is 5.91 Å². The molecule has 8 heteroatoms. The number of ether oxygens (including phenoxy) is 1. The van der Waals surface area contributed by atoms with Gasteiger partial charge in [0.25, 0.3) is 0 Å². The largest absolute Gasteiger partial charge is 0.448 e. The SMILES string of the molecule is NC(=O)OCCNC(=O)C1(C(N)=NO)CCCCC1. The second-order valence-electron chi connectivity index (χ2n) is 4.55. The second-order valence-corrected chi connectivity index (χ2v) is 4.55. The zero-order valence-corrected chi connectivity index (χ0v) is 10.7. The van der Waals surface area contributed by atoms with E-state index in [9.17, 15) is 9.59 Å². The van der Waals surface area contributed by atoms with Gasteiger partial charge in [-0.3, -0.25) is 4.79 Å². The van der Waals surface area contributed by atoms with E-state index in [2.05, 4.69) is 15.2 Å². The molecule has 0 aromatic carbocycles. The molecular formula is C11H20N4O4. The molecule has 1 aliphatic carbocycles. The minimum Gasteiger partial charge on any atom is -0.448 e. The number of nitrogens with one attached hydrogen (secondary N) is 1. The van der Waals surface area contributed by atoms with Crippen molar-refractivity contribution in [3.63, 3.8) is 0 Å². The quantitative estimate of drug-likeness (QED) is 0.182. The number of rotatable bonds is 5. The Balaban J connectivity index is 2.60. The maximum Gasteiger partial charge on any atom is 0.404 e. The number of oxime groups is 1. The number of primary amides is 1. The van der Waals surface area contributed by atoms with Crippen LogP contribution in [0.3, 0.4) is 0 Å². The fraction of sp³-hybridized carbons (Fsp3) is 0.727. The summed E-state index contributed by atoms with van der Waals surface area (Å²) >= 11 is 0. The fourth-order valence-electron chi connectivity index (χ4n) is 2.34. The Morgan fingerprint density at radius 1 is 1.26 bits per heavy atom. The van der Waals surface area contributed by atoms with Crippen LogP contribution >= 0.6 is 0 Å². The molecule has 19 heavy (non-hydrogen) atoms. The Hall–Kier alpha value is -1.99. The normalized spacial score (nSPS) is 18.6. The van der Waals surface area contributed by atoms with E-state index in [1.54, 1.807) is 0 Å². The van der Waals surface area contributed by atoms with Crippen molar-refractivity contribution in [2.75, 3.05) is 13.2 Å². The molecule has 0 bridgehead atoms. The Morgan fingerprint density at radius 3 is 2.42 bits per heavy atom. The van der Waals surface area contributed by atoms with Crippen molar-refractivity contribution in [2.24, 2.45) is 22.0 Å². The Kier molecular flexibility index (Phi) is 5.40. The molecule has 0 aliphatic heterocycles. The highest BCUT2D eigenvalue weighted by molar-refractivity contribution is 6.06. The highest BCUT2D eigenvalue weighted by Gasteiger charge is 2.43. The highest BCUT2D eigenvalue weighted by atomic mass is 16.5. The molecule has 1 aliphatic rings. The lowest BCUT2D eigenvalue weighted by Crippen LogP contribution is -2.51. The predicted octanol–water partition coefficient (Wildman–Crippen LogP) is -0.105. The molecule has 0 spiro atoms. The summed E-state index contributed by atoms with van der Waals surface area (Å²) in [5.41, 5.74) is 9.51. The van der Waals surface area contributed by atoms with Gasteiger partial charge in [-0.2, -0.15) is 0 Å². The number of nitrogens with two attached hydrogens (primary N) is 2. The van der Waals surface area contributed by atoms with E-state index in [1.165, 1.54) is 0 Å². The van der Waals surface area contributed by atoms with Crippen molar-refractivity contribution in [2.45, 2.75) is 32.1 Å². The smallest absolute Gasteiger partial charge is 0.404 e. The zero-order chi connectivity index (χ0) is 14.3. The van der Waals surface area contributed by atoms with E-state index in [0.717, 1.165) is 19.3 Å². The molecule has 2 amide bonds. The third-order valence-corrected chi connectivity index (χ3v) is 3.37. The van der Waals surface area contributed by atoms with Crippen molar-refractivity contribution in [1.29, 1.82) is 0 Å². The monoisotopic (exact) mass is 272 g/mol. The van der Waals surface area contributed by atoms with Crippen LogP contribution in [-0.4, -0.2) is 36.2 Å². The summed E-state index contributed by atoms with van der Waals surface area (Å²) in [7, 11) is 0. The molecule has 0 aromatic rings. The second kappa shape index (κ2) is 6.81. The molecule has 108 valence electrons. The molecule has 0 heterocycles. The minimum atomic E-state index is -0.959. The van der Waals surface area contributed by atoms with Gasteiger partial charge in [0, 0.05) is 0 Å². The summed E-state index contributed by atoms with van der Waals surface area (Å²) in [6, 6.07) is 0. The van der Waals surface area contributed by atoms with Gasteiger partial charge in [-0.05, 0) is 12.8 Å². The standard InChI is InChI=1S/C11H20N4O4/c12-8(15-18)11(4-2-1-3-5-11)9(16)14-6-7-19-10(13)17/h18H,1-7H2,(H2,12,15)(H2,13,17)(H,14,16). The first-order valence-corrected chi connectivity index (χ1v) is 6.21. The molecule has 0 radical (unpaired) electrons. The number of amides is 2. The maximum atomic E-state index is 12.2. The van der Waals surface area contributed by atoms with Gasteiger partial charge in [-0.15, -0.1) is 0 Å². The minimum absolute atomic E-state index is 0.00662. The van der Waals surface area contributed by atoms with Gasteiger partial charge < -0.3 is 26.7 Å². The third kappa shape index (κ3) is 3.73. The molecular weight excluding hydrogens is 252 g/mol. The molecule has 0 atom stereocenters. The topological polar surface area (TPSA) is 140 Å². The van der Waals surface area contributed by atoms with Crippen molar-refractivity contribution >= 4 is 17.8 Å². The van der Waals surface area contributed by atoms with Gasteiger partial charge in [0.1, 0.15) is 12.0 Å². The van der Waals surface area contributed by atoms with E-state index in [1.807, 2.05) is 0 Å². The van der Waals surface area contributed by atoms with Crippen molar-refractivity contribution in [1.82, 2.24) is 5.32 Å². The van der Waals surface area contributed by atoms with Gasteiger partial charge in [0.05, 0.1) is 6.54 Å². The summed E-state index contributed by atoms with van der Waals surface area (Å²) in [5.74, 6) is -0.379. The van der Waals surface area contributed by atoms with Crippen LogP contribution in [0.5, 0.6) is 0 Å². The molecule has 0 saturated heterocycles. The van der Waals surface area contributed by atoms with Gasteiger partial charge in [-0.25, -0.2) is 4.79 Å². The molecule has 0 aromatic heterocycles. The highest BCUT2D eigenvalue weighted by Crippen LogP contribution is 2.36. The number of nitrogens with zero attached hydrogens (tertiary/aromatic N) is 1. The third-order valence-electron chi connectivity index (χ3n) is 3.37. The summed E-state index contributed by atoms with van der Waals surface area (Å²) in [4.78, 5) is 22.6. The number of carbonyl (C=O) groups excluding carboxylic acids is 2. The van der Waals surface area contributed by atoms with Crippen molar-refractivity contribution in [3.05, 3.63) is 0 Å². The lowest BCUT2D eigenvalue weighted by molar-refractivity contribution is -0.129. The van der Waals surface area contributed by atoms with E-state index in [4.69, 9.17) is 16.7 Å². The van der Waals surface area contributed by atoms with Crippen LogP contribution in [0.1, 0.15) is 32.1 Å². The Morgan fingerprint density at radius 2 is 1.89 bits per heavy atom. The van der Waals surface area contributed by atoms with Gasteiger partial charge in [0.15, 0.2) is 5.84 Å². The lowest BCUT2D eigenvalue weighted by Gasteiger charge is -2.34. The first-order chi connectivity index (χ1) is 9.03. The van der Waals surface area contributed by atoms with Crippen LogP contribution in [0.2, 0.25) is 0 Å². The summed E-state index contributed by atoms with van der Waals surface area (Å²) in [5, 5.41) is 14.5. The maximum absolute atomic E-state index is 12.2. The van der Waals surface area contributed by atoms with E-state index >= 15 is 0 Å². The van der Waals surface area contributed by atoms with Crippen LogP contribution in [0, 0.1) is 5.41 Å². The first-order valence-electron chi connectivity index (χ1n) is 6.21. The first kappa shape index (κ1) is 15.1. The van der Waals surface area contributed by atoms with Crippen molar-refractivity contribution in [3.8, 4) is 0 Å². The van der Waals surface area contributed by atoms with Crippen LogP contribution in [0.15, 0.2) is 5.16 Å². The van der Waals surface area contributed by atoms with E-state index in [0.29, 0.717) is 12.8 Å². The van der Waals surface area contributed by atoms with Crippen molar-refractivity contribution < 1.29 is 19.5 Å². The predicted molar refractivity (Wildman–Crippen MR) is 67.5 cm³/mol. The molecule has 1 fully saturated rings. The van der Waals surface area contributed by atoms with Crippen LogP contribution < -0.4 is 16.8 Å². The van der Waals surface area contributed by atoms with Crippen LogP contribution in [0.4, 0.5) is 4.79 Å². The van der Waals surface area contributed by atoms with Crippen LogP contribution in [-0.2, 0) is 9.53 Å². The zero-order valence-electron chi connectivity index (χ0n) is 10.7. The van der Waals surface area contributed by atoms with Gasteiger partial charge >= 0.3 is 6.09 Å². The average Bonchev–Trinajstić information content (AvgIpc) is 2.42. The average molecular weight is 272 g/mol. The summed E-state index contributed by atoms with van der Waals surface area (Å²) in [6.45, 7) is 0.134. The lowest BCUT2D eigenvalue weighted by atomic mass is 9.72. The molecule has 1 rings (SSSR count). The number of amidine groups is 1. The van der Waals surface area contributed by atoms with E-state index in [-0.39, 0.29) is 24.9 Å². The molecule has 8 nitrogen and oxygen atoms in total. The molecule has 1 saturated carbocycles. The summed E-state index contributed by atoms with van der Waals surface area (Å²) < 4.78 is 4.51.